The highest BCUT2D eigenvalue weighted by Gasteiger charge is 2.31. The number of anilines is 1. The molecule has 0 radical (unpaired) electrons. The van der Waals surface area contributed by atoms with E-state index < -0.39 is 0 Å². The zero-order valence-electron chi connectivity index (χ0n) is 13.3. The van der Waals surface area contributed by atoms with Crippen molar-refractivity contribution >= 4 is 5.69 Å². The van der Waals surface area contributed by atoms with Crippen molar-refractivity contribution in [2.75, 3.05) is 24.6 Å². The maximum absolute atomic E-state index is 10.3. The lowest BCUT2D eigenvalue weighted by Crippen LogP contribution is -2.35. The van der Waals surface area contributed by atoms with Crippen LogP contribution in [0.5, 0.6) is 5.75 Å². The van der Waals surface area contributed by atoms with Gasteiger partial charge in [0.1, 0.15) is 5.75 Å². The summed E-state index contributed by atoms with van der Waals surface area (Å²) < 4.78 is 0. The van der Waals surface area contributed by atoms with Crippen molar-refractivity contribution in [3.63, 3.8) is 0 Å². The highest BCUT2D eigenvalue weighted by Crippen LogP contribution is 2.34. The average molecular weight is 292 g/mol. The number of rotatable bonds is 6. The fourth-order valence-electron chi connectivity index (χ4n) is 3.15. The Balaban J connectivity index is 2.15. The normalized spacial score (nSPS) is 23.5. The Hall–Kier alpha value is -1.26. The molecule has 1 aromatic rings. The molecule has 1 fully saturated rings. The maximum Gasteiger partial charge on any atom is 0.122 e. The minimum atomic E-state index is 0.144. The number of phenolic OH excluding ortho intramolecular Hbond substituents is 1. The molecule has 2 rings (SSSR count). The first-order valence-corrected chi connectivity index (χ1v) is 8.02. The molecule has 1 aliphatic rings. The summed E-state index contributed by atoms with van der Waals surface area (Å²) in [6, 6.07) is 6.19. The molecule has 1 aromatic carbocycles. The zero-order chi connectivity index (χ0) is 15.4. The number of hydrogen-bond acceptors (Lipinski definition) is 4. The van der Waals surface area contributed by atoms with E-state index in [2.05, 4.69) is 37.1 Å². The second kappa shape index (κ2) is 7.14. The number of aliphatic hydroxyl groups excluding tert-OH is 1. The van der Waals surface area contributed by atoms with Crippen molar-refractivity contribution in [3.8, 4) is 5.75 Å². The molecule has 0 saturated carbocycles. The van der Waals surface area contributed by atoms with E-state index in [-0.39, 0.29) is 18.7 Å². The molecule has 3 atom stereocenters. The van der Waals surface area contributed by atoms with Gasteiger partial charge in [-0.15, -0.1) is 0 Å². The molecule has 118 valence electrons. The van der Waals surface area contributed by atoms with Crippen molar-refractivity contribution < 1.29 is 10.2 Å². The van der Waals surface area contributed by atoms with Crippen LogP contribution in [0.1, 0.15) is 45.2 Å². The van der Waals surface area contributed by atoms with E-state index in [1.807, 2.05) is 12.1 Å². The minimum absolute atomic E-state index is 0.144. The highest BCUT2D eigenvalue weighted by atomic mass is 16.3. The summed E-state index contributed by atoms with van der Waals surface area (Å²) in [6.45, 7) is 8.42. The summed E-state index contributed by atoms with van der Waals surface area (Å²) in [5.74, 6) is 0.821. The molecule has 0 bridgehead atoms. The van der Waals surface area contributed by atoms with E-state index in [1.54, 1.807) is 0 Å². The maximum atomic E-state index is 10.3. The highest BCUT2D eigenvalue weighted by molar-refractivity contribution is 5.55. The van der Waals surface area contributed by atoms with Gasteiger partial charge in [0, 0.05) is 29.9 Å². The van der Waals surface area contributed by atoms with Crippen LogP contribution < -0.4 is 10.2 Å². The lowest BCUT2D eigenvalue weighted by atomic mass is 10.0. The smallest absolute Gasteiger partial charge is 0.122 e. The van der Waals surface area contributed by atoms with Crippen LogP contribution in [0.2, 0.25) is 0 Å². The number of benzene rings is 1. The molecule has 0 spiro atoms. The Morgan fingerprint density at radius 2 is 2.19 bits per heavy atom. The molecule has 3 unspecified atom stereocenters. The Labute approximate surface area is 127 Å². The number of nitrogens with zero attached hydrogens (tertiary/aromatic N) is 1. The van der Waals surface area contributed by atoms with Crippen molar-refractivity contribution in [1.29, 1.82) is 0 Å². The molecule has 1 heterocycles. The third-order valence-corrected chi connectivity index (χ3v) is 4.58. The topological polar surface area (TPSA) is 55.7 Å². The van der Waals surface area contributed by atoms with E-state index in [4.69, 9.17) is 0 Å². The number of phenols is 1. The molecular formula is C17H28N2O2. The summed E-state index contributed by atoms with van der Waals surface area (Å²) in [5, 5.41) is 23.3. The van der Waals surface area contributed by atoms with Crippen LogP contribution >= 0.6 is 0 Å². The van der Waals surface area contributed by atoms with E-state index in [0.29, 0.717) is 11.7 Å². The first-order valence-electron chi connectivity index (χ1n) is 8.02. The van der Waals surface area contributed by atoms with Gasteiger partial charge >= 0.3 is 0 Å². The molecule has 0 amide bonds. The molecule has 4 nitrogen and oxygen atoms in total. The summed E-state index contributed by atoms with van der Waals surface area (Å²) in [5.41, 5.74) is 1.93. The standard InChI is InChI=1S/C17H28N2O2/c1-4-8-18-13(3)15-6-5-14(10-17(15)21)19-9-7-12(2)16(19)11-20/h5-6,10,12-13,16,18,20-21H,4,7-9,11H2,1-3H3. The molecule has 0 aliphatic carbocycles. The van der Waals surface area contributed by atoms with Gasteiger partial charge in [0.2, 0.25) is 0 Å². The molecule has 1 saturated heterocycles. The Morgan fingerprint density at radius 1 is 1.43 bits per heavy atom. The summed E-state index contributed by atoms with van der Waals surface area (Å²) in [4.78, 5) is 2.21. The van der Waals surface area contributed by atoms with Gasteiger partial charge in [-0.3, -0.25) is 0 Å². The quantitative estimate of drug-likeness (QED) is 0.754. The third-order valence-electron chi connectivity index (χ3n) is 4.58. The fraction of sp³-hybridized carbons (Fsp3) is 0.647. The predicted octanol–water partition coefficient (Wildman–Crippen LogP) is 2.66. The third kappa shape index (κ3) is 3.50. The van der Waals surface area contributed by atoms with Crippen LogP contribution in [-0.2, 0) is 0 Å². The van der Waals surface area contributed by atoms with Gasteiger partial charge in [-0.1, -0.05) is 19.9 Å². The molecule has 21 heavy (non-hydrogen) atoms. The second-order valence-corrected chi connectivity index (χ2v) is 6.13. The van der Waals surface area contributed by atoms with E-state index >= 15 is 0 Å². The molecule has 0 aromatic heterocycles. The van der Waals surface area contributed by atoms with Crippen molar-refractivity contribution in [1.82, 2.24) is 5.32 Å². The van der Waals surface area contributed by atoms with E-state index in [1.165, 1.54) is 0 Å². The summed E-state index contributed by atoms with van der Waals surface area (Å²) in [7, 11) is 0. The van der Waals surface area contributed by atoms with Crippen LogP contribution in [0.4, 0.5) is 5.69 Å². The Morgan fingerprint density at radius 3 is 2.81 bits per heavy atom. The minimum Gasteiger partial charge on any atom is -0.508 e. The summed E-state index contributed by atoms with van der Waals surface area (Å²) >= 11 is 0. The van der Waals surface area contributed by atoms with Crippen molar-refractivity contribution in [2.24, 2.45) is 5.92 Å². The van der Waals surface area contributed by atoms with Gasteiger partial charge in [-0.05, 0) is 38.3 Å². The van der Waals surface area contributed by atoms with Gasteiger partial charge in [0.25, 0.3) is 0 Å². The Kier molecular flexibility index (Phi) is 5.48. The van der Waals surface area contributed by atoms with Gasteiger partial charge in [-0.25, -0.2) is 0 Å². The monoisotopic (exact) mass is 292 g/mol. The number of aliphatic hydroxyl groups is 1. The van der Waals surface area contributed by atoms with Crippen LogP contribution in [0.25, 0.3) is 0 Å². The first kappa shape index (κ1) is 16.1. The van der Waals surface area contributed by atoms with Gasteiger partial charge in [0.05, 0.1) is 12.6 Å². The van der Waals surface area contributed by atoms with Crippen LogP contribution in [0, 0.1) is 5.92 Å². The van der Waals surface area contributed by atoms with Crippen LogP contribution in [-0.4, -0.2) is 36.0 Å². The molecule has 3 N–H and O–H groups in total. The van der Waals surface area contributed by atoms with Crippen molar-refractivity contribution in [3.05, 3.63) is 23.8 Å². The lowest BCUT2D eigenvalue weighted by Gasteiger charge is -2.28. The SMILES string of the molecule is CCCNC(C)c1ccc(N2CCC(C)C2CO)cc1O. The Bertz CT molecular complexity index is 464. The fourth-order valence-corrected chi connectivity index (χ4v) is 3.15. The molecule has 4 heteroatoms. The largest absolute Gasteiger partial charge is 0.508 e. The molecule has 1 aliphatic heterocycles. The number of nitrogens with one attached hydrogen (secondary N) is 1. The number of hydrogen-bond donors (Lipinski definition) is 3. The van der Waals surface area contributed by atoms with Gasteiger partial charge in [-0.2, -0.15) is 0 Å². The lowest BCUT2D eigenvalue weighted by molar-refractivity contribution is 0.244. The van der Waals surface area contributed by atoms with Crippen molar-refractivity contribution in [2.45, 2.75) is 45.7 Å². The van der Waals surface area contributed by atoms with E-state index in [9.17, 15) is 10.2 Å². The van der Waals surface area contributed by atoms with Gasteiger partial charge in [0.15, 0.2) is 0 Å². The predicted molar refractivity (Wildman–Crippen MR) is 86.8 cm³/mol. The first-order chi connectivity index (χ1) is 10.1. The number of aromatic hydroxyl groups is 1. The zero-order valence-corrected chi connectivity index (χ0v) is 13.3. The van der Waals surface area contributed by atoms with E-state index in [0.717, 1.165) is 37.2 Å². The van der Waals surface area contributed by atoms with Crippen LogP contribution in [0.3, 0.4) is 0 Å². The second-order valence-electron chi connectivity index (χ2n) is 6.13. The molecular weight excluding hydrogens is 264 g/mol. The van der Waals surface area contributed by atoms with Gasteiger partial charge < -0.3 is 20.4 Å². The summed E-state index contributed by atoms with van der Waals surface area (Å²) in [6.07, 6.45) is 2.16. The van der Waals surface area contributed by atoms with Crippen LogP contribution in [0.15, 0.2) is 18.2 Å². The average Bonchev–Trinajstić information content (AvgIpc) is 2.85.